The van der Waals surface area contributed by atoms with E-state index in [4.69, 9.17) is 0 Å². The van der Waals surface area contributed by atoms with Crippen LogP contribution in [0.25, 0.3) is 0 Å². The summed E-state index contributed by atoms with van der Waals surface area (Å²) in [4.78, 5) is 26.6. The van der Waals surface area contributed by atoms with E-state index in [2.05, 4.69) is 10.6 Å². The van der Waals surface area contributed by atoms with Crippen LogP contribution >= 0.6 is 12.4 Å². The predicted octanol–water partition coefficient (Wildman–Crippen LogP) is 1.83. The molecule has 2 aliphatic rings. The Balaban J connectivity index is 0.00000208. The van der Waals surface area contributed by atoms with Gasteiger partial charge >= 0.3 is 0 Å². The zero-order valence-corrected chi connectivity index (χ0v) is 14.7. The summed E-state index contributed by atoms with van der Waals surface area (Å²) < 4.78 is 0. The van der Waals surface area contributed by atoms with Crippen molar-refractivity contribution in [3.05, 3.63) is 35.9 Å². The molecule has 2 saturated heterocycles. The number of rotatable bonds is 3. The van der Waals surface area contributed by atoms with E-state index in [1.807, 2.05) is 35.2 Å². The van der Waals surface area contributed by atoms with E-state index in [1.165, 1.54) is 0 Å². The molecule has 0 aliphatic carbocycles. The number of carbonyl (C=O) groups is 2. The summed E-state index contributed by atoms with van der Waals surface area (Å²) in [7, 11) is 0. The van der Waals surface area contributed by atoms with E-state index in [-0.39, 0.29) is 36.2 Å². The number of nitrogens with zero attached hydrogens (tertiary/aromatic N) is 1. The third-order valence-electron chi connectivity index (χ3n) is 4.82. The van der Waals surface area contributed by atoms with E-state index in [0.29, 0.717) is 13.1 Å². The molecule has 0 bridgehead atoms. The Kier molecular flexibility index (Phi) is 7.06. The molecule has 2 fully saturated rings. The lowest BCUT2D eigenvalue weighted by atomic mass is 9.94. The molecule has 0 radical (unpaired) electrons. The Morgan fingerprint density at radius 1 is 1.08 bits per heavy atom. The maximum absolute atomic E-state index is 12.4. The number of likely N-dealkylation sites (tertiary alicyclic amines) is 1. The van der Waals surface area contributed by atoms with Crippen LogP contribution in [0.3, 0.4) is 0 Å². The quantitative estimate of drug-likeness (QED) is 0.873. The number of benzene rings is 1. The van der Waals surface area contributed by atoms with Crippen molar-refractivity contribution < 1.29 is 9.59 Å². The molecule has 2 amide bonds. The number of piperidine rings is 2. The average molecular weight is 352 g/mol. The number of carbonyl (C=O) groups excluding carboxylic acids is 2. The molecule has 3 rings (SSSR count). The van der Waals surface area contributed by atoms with Gasteiger partial charge in [-0.05, 0) is 44.4 Å². The van der Waals surface area contributed by atoms with Gasteiger partial charge in [-0.2, -0.15) is 0 Å². The van der Waals surface area contributed by atoms with Crippen LogP contribution in [0, 0.1) is 5.92 Å². The van der Waals surface area contributed by atoms with Crippen molar-refractivity contribution in [1.29, 1.82) is 0 Å². The molecule has 0 saturated carbocycles. The molecule has 1 atom stereocenters. The van der Waals surface area contributed by atoms with Gasteiger partial charge in [0, 0.05) is 37.2 Å². The van der Waals surface area contributed by atoms with Crippen molar-refractivity contribution in [1.82, 2.24) is 15.5 Å². The highest BCUT2D eigenvalue weighted by molar-refractivity contribution is 5.94. The molecule has 1 aromatic carbocycles. The van der Waals surface area contributed by atoms with Crippen LogP contribution in [0.4, 0.5) is 0 Å². The Morgan fingerprint density at radius 2 is 1.79 bits per heavy atom. The van der Waals surface area contributed by atoms with Crippen LogP contribution in [0.15, 0.2) is 30.3 Å². The smallest absolute Gasteiger partial charge is 0.253 e. The highest BCUT2D eigenvalue weighted by atomic mass is 35.5. The number of amides is 2. The Morgan fingerprint density at radius 3 is 2.42 bits per heavy atom. The van der Waals surface area contributed by atoms with Gasteiger partial charge in [-0.3, -0.25) is 9.59 Å². The number of halogens is 1. The number of nitrogens with one attached hydrogen (secondary N) is 2. The lowest BCUT2D eigenvalue weighted by Crippen LogP contribution is -2.49. The predicted molar refractivity (Wildman–Crippen MR) is 96.4 cm³/mol. The SMILES string of the molecule is Cl.O=C(NC1CCCNC1)C1CCN(C(=O)c2ccccc2)CC1. The monoisotopic (exact) mass is 351 g/mol. The van der Waals surface area contributed by atoms with Crippen LogP contribution < -0.4 is 10.6 Å². The number of hydrogen-bond acceptors (Lipinski definition) is 3. The van der Waals surface area contributed by atoms with E-state index in [1.54, 1.807) is 0 Å². The molecule has 6 heteroatoms. The molecular weight excluding hydrogens is 326 g/mol. The van der Waals surface area contributed by atoms with Gasteiger partial charge in [0.1, 0.15) is 0 Å². The largest absolute Gasteiger partial charge is 0.352 e. The van der Waals surface area contributed by atoms with E-state index < -0.39 is 0 Å². The van der Waals surface area contributed by atoms with Crippen molar-refractivity contribution in [2.45, 2.75) is 31.7 Å². The fraction of sp³-hybridized carbons (Fsp3) is 0.556. The molecular formula is C18H26ClN3O2. The molecule has 24 heavy (non-hydrogen) atoms. The average Bonchev–Trinajstić information content (AvgIpc) is 2.63. The zero-order valence-electron chi connectivity index (χ0n) is 13.9. The summed E-state index contributed by atoms with van der Waals surface area (Å²) >= 11 is 0. The molecule has 1 aromatic rings. The van der Waals surface area contributed by atoms with Gasteiger partial charge < -0.3 is 15.5 Å². The first-order chi connectivity index (χ1) is 11.2. The van der Waals surface area contributed by atoms with Gasteiger partial charge in [0.15, 0.2) is 0 Å². The Labute approximate surface area is 149 Å². The third-order valence-corrected chi connectivity index (χ3v) is 4.82. The minimum Gasteiger partial charge on any atom is -0.352 e. The highest BCUT2D eigenvalue weighted by Gasteiger charge is 2.29. The van der Waals surface area contributed by atoms with E-state index in [9.17, 15) is 9.59 Å². The van der Waals surface area contributed by atoms with Gasteiger partial charge in [-0.15, -0.1) is 12.4 Å². The minimum atomic E-state index is 0. The first-order valence-electron chi connectivity index (χ1n) is 8.59. The van der Waals surface area contributed by atoms with Crippen molar-refractivity contribution >= 4 is 24.2 Å². The maximum atomic E-state index is 12.4. The summed E-state index contributed by atoms with van der Waals surface area (Å²) in [5.41, 5.74) is 0.726. The molecule has 2 aliphatic heterocycles. The van der Waals surface area contributed by atoms with Crippen LogP contribution in [0.1, 0.15) is 36.0 Å². The Hall–Kier alpha value is -1.59. The lowest BCUT2D eigenvalue weighted by molar-refractivity contribution is -0.127. The molecule has 1 unspecified atom stereocenters. The first kappa shape index (κ1) is 18.7. The van der Waals surface area contributed by atoms with Gasteiger partial charge in [0.2, 0.25) is 5.91 Å². The van der Waals surface area contributed by atoms with Gasteiger partial charge in [-0.25, -0.2) is 0 Å². The van der Waals surface area contributed by atoms with Crippen LogP contribution in [0.5, 0.6) is 0 Å². The van der Waals surface area contributed by atoms with Crippen LogP contribution in [-0.4, -0.2) is 48.9 Å². The van der Waals surface area contributed by atoms with Crippen molar-refractivity contribution in [2.24, 2.45) is 5.92 Å². The first-order valence-corrected chi connectivity index (χ1v) is 8.59. The molecule has 0 spiro atoms. The maximum Gasteiger partial charge on any atom is 0.253 e. The summed E-state index contributed by atoms with van der Waals surface area (Å²) in [5.74, 6) is 0.267. The molecule has 2 N–H and O–H groups in total. The lowest BCUT2D eigenvalue weighted by Gasteiger charge is -2.33. The normalized spacial score (nSPS) is 21.7. The minimum absolute atomic E-state index is 0. The fourth-order valence-electron chi connectivity index (χ4n) is 3.40. The van der Waals surface area contributed by atoms with E-state index >= 15 is 0 Å². The summed E-state index contributed by atoms with van der Waals surface area (Å²) in [5, 5.41) is 6.48. The second kappa shape index (κ2) is 9.04. The Bertz CT molecular complexity index is 538. The summed E-state index contributed by atoms with van der Waals surface area (Å²) in [6.07, 6.45) is 3.69. The zero-order chi connectivity index (χ0) is 16.1. The molecule has 132 valence electrons. The second-order valence-corrected chi connectivity index (χ2v) is 6.48. The second-order valence-electron chi connectivity index (χ2n) is 6.48. The fourth-order valence-corrected chi connectivity index (χ4v) is 3.40. The van der Waals surface area contributed by atoms with Gasteiger partial charge in [0.25, 0.3) is 5.91 Å². The standard InChI is InChI=1S/C18H25N3O2.ClH/c22-17(20-16-7-4-10-19-13-16)14-8-11-21(12-9-14)18(23)15-5-2-1-3-6-15;/h1-3,5-6,14,16,19H,4,7-13H2,(H,20,22);1H. The summed E-state index contributed by atoms with van der Waals surface area (Å²) in [6, 6.07) is 9.62. The van der Waals surface area contributed by atoms with Crippen LogP contribution in [-0.2, 0) is 4.79 Å². The van der Waals surface area contributed by atoms with E-state index in [0.717, 1.165) is 44.3 Å². The molecule has 2 heterocycles. The van der Waals surface area contributed by atoms with Gasteiger partial charge in [0.05, 0.1) is 0 Å². The summed E-state index contributed by atoms with van der Waals surface area (Å²) in [6.45, 7) is 3.24. The van der Waals surface area contributed by atoms with Crippen molar-refractivity contribution in [2.75, 3.05) is 26.2 Å². The number of hydrogen-bond donors (Lipinski definition) is 2. The highest BCUT2D eigenvalue weighted by Crippen LogP contribution is 2.20. The van der Waals surface area contributed by atoms with Crippen LogP contribution in [0.2, 0.25) is 0 Å². The topological polar surface area (TPSA) is 61.4 Å². The van der Waals surface area contributed by atoms with Crippen molar-refractivity contribution in [3.8, 4) is 0 Å². The third kappa shape index (κ3) is 4.71. The molecule has 0 aromatic heterocycles. The molecule has 5 nitrogen and oxygen atoms in total. The van der Waals surface area contributed by atoms with Crippen molar-refractivity contribution in [3.63, 3.8) is 0 Å². The van der Waals surface area contributed by atoms with Gasteiger partial charge in [-0.1, -0.05) is 18.2 Å².